The second-order valence-electron chi connectivity index (χ2n) is 4.97. The summed E-state index contributed by atoms with van der Waals surface area (Å²) in [7, 11) is 1.67. The van der Waals surface area contributed by atoms with Crippen molar-refractivity contribution >= 4 is 41.3 Å². The number of hydrogen-bond acceptors (Lipinski definition) is 4. The van der Waals surface area contributed by atoms with Gasteiger partial charge < -0.3 is 15.4 Å². The number of nitrogens with one attached hydrogen (secondary N) is 2. The molecule has 132 valence electrons. The lowest BCUT2D eigenvalue weighted by Crippen LogP contribution is -2.36. The third kappa shape index (κ3) is 6.64. The van der Waals surface area contributed by atoms with Gasteiger partial charge in [-0.25, -0.2) is 9.98 Å². The van der Waals surface area contributed by atoms with E-state index in [-0.39, 0.29) is 24.0 Å². The lowest BCUT2D eigenvalue weighted by molar-refractivity contribution is 0.414. The van der Waals surface area contributed by atoms with Crippen molar-refractivity contribution in [2.45, 2.75) is 33.4 Å². The third-order valence-corrected chi connectivity index (χ3v) is 4.42. The molecule has 0 atom stereocenters. The largest absolute Gasteiger partial charge is 0.497 e. The second-order valence-corrected chi connectivity index (χ2v) is 6.17. The standard InChI is InChI=1S/C17H24N4OS.HI/c1-4-15-11-19-16(23-15)12-21-17(18-5-2)20-10-13-6-8-14(22-3)9-7-13;/h6-9,11H,4-5,10,12H2,1-3H3,(H2,18,20,21);1H. The molecule has 0 radical (unpaired) electrons. The number of aryl methyl sites for hydroxylation is 1. The fraction of sp³-hybridized carbons (Fsp3) is 0.412. The third-order valence-electron chi connectivity index (χ3n) is 3.28. The highest BCUT2D eigenvalue weighted by atomic mass is 127. The molecule has 0 spiro atoms. The van der Waals surface area contributed by atoms with Crippen molar-refractivity contribution in [1.29, 1.82) is 0 Å². The van der Waals surface area contributed by atoms with Gasteiger partial charge in [0.25, 0.3) is 0 Å². The van der Waals surface area contributed by atoms with Crippen LogP contribution in [-0.2, 0) is 19.5 Å². The zero-order chi connectivity index (χ0) is 16.5. The van der Waals surface area contributed by atoms with Crippen LogP contribution in [0.2, 0.25) is 0 Å². The van der Waals surface area contributed by atoms with Crippen LogP contribution in [0.25, 0.3) is 0 Å². The second kappa shape index (κ2) is 11.2. The van der Waals surface area contributed by atoms with E-state index in [4.69, 9.17) is 4.74 Å². The summed E-state index contributed by atoms with van der Waals surface area (Å²) in [6.07, 6.45) is 2.98. The lowest BCUT2D eigenvalue weighted by atomic mass is 10.2. The number of nitrogens with zero attached hydrogens (tertiary/aromatic N) is 2. The molecule has 0 aliphatic rings. The van der Waals surface area contributed by atoms with E-state index in [2.05, 4.69) is 34.5 Å². The van der Waals surface area contributed by atoms with Crippen LogP contribution in [0, 0.1) is 0 Å². The Hall–Kier alpha value is -1.35. The van der Waals surface area contributed by atoms with E-state index >= 15 is 0 Å². The Kier molecular flexibility index (Phi) is 9.70. The molecule has 0 saturated carbocycles. The number of thiazole rings is 1. The highest BCUT2D eigenvalue weighted by molar-refractivity contribution is 14.0. The number of ether oxygens (including phenoxy) is 1. The molecular weight excluding hydrogens is 435 g/mol. The molecule has 24 heavy (non-hydrogen) atoms. The summed E-state index contributed by atoms with van der Waals surface area (Å²) in [5.41, 5.74) is 1.14. The predicted molar refractivity (Wildman–Crippen MR) is 112 cm³/mol. The van der Waals surface area contributed by atoms with Gasteiger partial charge in [0.1, 0.15) is 10.8 Å². The van der Waals surface area contributed by atoms with Crippen LogP contribution in [0.1, 0.15) is 29.3 Å². The molecule has 2 aromatic rings. The van der Waals surface area contributed by atoms with Crippen molar-refractivity contribution in [3.8, 4) is 5.75 Å². The maximum atomic E-state index is 5.17. The summed E-state index contributed by atoms with van der Waals surface area (Å²) in [6.45, 7) is 6.34. The Morgan fingerprint density at radius 3 is 2.54 bits per heavy atom. The van der Waals surface area contributed by atoms with Gasteiger partial charge in [0.15, 0.2) is 5.96 Å². The number of hydrogen-bond donors (Lipinski definition) is 2. The van der Waals surface area contributed by atoms with Crippen LogP contribution in [0.3, 0.4) is 0 Å². The molecule has 0 saturated heterocycles. The van der Waals surface area contributed by atoms with Gasteiger partial charge >= 0.3 is 0 Å². The van der Waals surface area contributed by atoms with Gasteiger partial charge in [-0.15, -0.1) is 35.3 Å². The number of halogens is 1. The zero-order valence-corrected chi connectivity index (χ0v) is 17.5. The van der Waals surface area contributed by atoms with Crippen molar-refractivity contribution in [2.24, 2.45) is 4.99 Å². The summed E-state index contributed by atoms with van der Waals surface area (Å²) >= 11 is 1.74. The van der Waals surface area contributed by atoms with Crippen LogP contribution in [0.15, 0.2) is 35.5 Å². The molecule has 2 rings (SSSR count). The topological polar surface area (TPSA) is 58.5 Å². The monoisotopic (exact) mass is 460 g/mol. The van der Waals surface area contributed by atoms with Gasteiger partial charge in [0.2, 0.25) is 0 Å². The van der Waals surface area contributed by atoms with E-state index in [0.717, 1.165) is 35.2 Å². The minimum atomic E-state index is 0. The molecule has 0 unspecified atom stereocenters. The van der Waals surface area contributed by atoms with E-state index in [0.29, 0.717) is 13.1 Å². The summed E-state index contributed by atoms with van der Waals surface area (Å²) in [5, 5.41) is 7.67. The molecule has 1 aromatic carbocycles. The van der Waals surface area contributed by atoms with E-state index in [1.54, 1.807) is 18.4 Å². The van der Waals surface area contributed by atoms with Gasteiger partial charge in [0.05, 0.1) is 20.2 Å². The van der Waals surface area contributed by atoms with Crippen molar-refractivity contribution in [1.82, 2.24) is 15.6 Å². The maximum Gasteiger partial charge on any atom is 0.191 e. The highest BCUT2D eigenvalue weighted by Crippen LogP contribution is 2.13. The summed E-state index contributed by atoms with van der Waals surface area (Å²) in [4.78, 5) is 10.3. The molecule has 5 nitrogen and oxygen atoms in total. The van der Waals surface area contributed by atoms with Gasteiger partial charge in [-0.1, -0.05) is 19.1 Å². The minimum absolute atomic E-state index is 0. The molecule has 0 amide bonds. The first-order chi connectivity index (χ1) is 11.2. The van der Waals surface area contributed by atoms with Crippen LogP contribution < -0.4 is 15.4 Å². The number of aromatic nitrogens is 1. The Morgan fingerprint density at radius 2 is 1.96 bits per heavy atom. The quantitative estimate of drug-likeness (QED) is 0.377. The highest BCUT2D eigenvalue weighted by Gasteiger charge is 2.03. The molecule has 0 aliphatic heterocycles. The number of aliphatic imine (C=N–C) groups is 1. The fourth-order valence-electron chi connectivity index (χ4n) is 2.00. The predicted octanol–water partition coefficient (Wildman–Crippen LogP) is 3.59. The van der Waals surface area contributed by atoms with Crippen LogP contribution >= 0.6 is 35.3 Å². The number of benzene rings is 1. The Morgan fingerprint density at radius 1 is 1.21 bits per heavy atom. The first-order valence-corrected chi connectivity index (χ1v) is 8.65. The van der Waals surface area contributed by atoms with Gasteiger partial charge in [-0.2, -0.15) is 0 Å². The van der Waals surface area contributed by atoms with E-state index in [9.17, 15) is 0 Å². The normalized spacial score (nSPS) is 10.9. The first-order valence-electron chi connectivity index (χ1n) is 7.83. The lowest BCUT2D eigenvalue weighted by Gasteiger charge is -2.10. The Labute approximate surface area is 165 Å². The molecular formula is C17H25IN4OS. The Balaban J connectivity index is 0.00000288. The molecule has 0 bridgehead atoms. The van der Waals surface area contributed by atoms with Crippen molar-refractivity contribution in [3.05, 3.63) is 45.9 Å². The zero-order valence-electron chi connectivity index (χ0n) is 14.3. The smallest absolute Gasteiger partial charge is 0.191 e. The SMILES string of the molecule is CCNC(=NCc1ccc(OC)cc1)NCc1ncc(CC)s1.I. The molecule has 1 heterocycles. The van der Waals surface area contributed by atoms with E-state index in [1.165, 1.54) is 4.88 Å². The van der Waals surface area contributed by atoms with Crippen molar-refractivity contribution < 1.29 is 4.74 Å². The van der Waals surface area contributed by atoms with Crippen molar-refractivity contribution in [3.63, 3.8) is 0 Å². The number of guanidine groups is 1. The molecule has 0 aliphatic carbocycles. The summed E-state index contributed by atoms with van der Waals surface area (Å²) in [5.74, 6) is 1.66. The van der Waals surface area contributed by atoms with E-state index in [1.807, 2.05) is 30.5 Å². The number of methoxy groups -OCH3 is 1. The van der Waals surface area contributed by atoms with Crippen LogP contribution in [0.5, 0.6) is 5.75 Å². The average Bonchev–Trinajstić information content (AvgIpc) is 3.06. The fourth-order valence-corrected chi connectivity index (χ4v) is 2.80. The van der Waals surface area contributed by atoms with Crippen molar-refractivity contribution in [2.75, 3.05) is 13.7 Å². The average molecular weight is 460 g/mol. The van der Waals surface area contributed by atoms with Crippen LogP contribution in [0.4, 0.5) is 0 Å². The summed E-state index contributed by atoms with van der Waals surface area (Å²) < 4.78 is 5.17. The minimum Gasteiger partial charge on any atom is -0.497 e. The van der Waals surface area contributed by atoms with Gasteiger partial charge in [-0.3, -0.25) is 0 Å². The maximum absolute atomic E-state index is 5.17. The summed E-state index contributed by atoms with van der Waals surface area (Å²) in [6, 6.07) is 7.96. The van der Waals surface area contributed by atoms with Crippen LogP contribution in [-0.4, -0.2) is 24.6 Å². The molecule has 0 fully saturated rings. The Bertz CT molecular complexity index is 628. The molecule has 2 N–H and O–H groups in total. The van der Waals surface area contributed by atoms with Gasteiger partial charge in [0, 0.05) is 17.6 Å². The molecule has 1 aromatic heterocycles. The van der Waals surface area contributed by atoms with Gasteiger partial charge in [-0.05, 0) is 31.0 Å². The number of rotatable bonds is 7. The van der Waals surface area contributed by atoms with E-state index < -0.39 is 0 Å². The molecule has 7 heteroatoms. The first kappa shape index (κ1) is 20.7.